The van der Waals surface area contributed by atoms with E-state index >= 15 is 0 Å². The number of halogens is 3. The fourth-order valence-electron chi connectivity index (χ4n) is 4.48. The Bertz CT molecular complexity index is 1470. The number of sulfonamides is 1. The molecule has 13 heteroatoms. The minimum Gasteiger partial charge on any atom is -0.487 e. The third-order valence-electron chi connectivity index (χ3n) is 6.94. The first-order chi connectivity index (χ1) is 19.3. The third-order valence-corrected chi connectivity index (χ3v) is 8.96. The SMILES string of the molecule is C[C@@H]1CN([C@@H](C)CO)S(=O)(=O)c2ccc(-c3ccncc3)cc2O[C@@H]1CN(C)C(=O)Nc1ccc(C(F)(F)F)cc1. The fourth-order valence-corrected chi connectivity index (χ4v) is 6.31. The molecule has 0 spiro atoms. The third kappa shape index (κ3) is 6.80. The van der Waals surface area contributed by atoms with Crippen LogP contribution in [0.2, 0.25) is 0 Å². The Morgan fingerprint density at radius 3 is 2.41 bits per heavy atom. The van der Waals surface area contributed by atoms with Gasteiger partial charge in [-0.15, -0.1) is 0 Å². The number of rotatable bonds is 6. The number of nitrogens with one attached hydrogen (secondary N) is 1. The smallest absolute Gasteiger partial charge is 0.416 e. The van der Waals surface area contributed by atoms with Crippen LogP contribution in [0.4, 0.5) is 23.7 Å². The molecule has 0 saturated heterocycles. The lowest BCUT2D eigenvalue weighted by Gasteiger charge is -2.37. The van der Waals surface area contributed by atoms with Crippen molar-refractivity contribution in [3.05, 3.63) is 72.6 Å². The Balaban J connectivity index is 1.63. The standard InChI is InChI=1S/C28H31F3N4O5S/c1-18-15-35(19(2)17-36)41(38,39)26-9-4-21(20-10-12-32-13-11-20)14-24(26)40-25(18)16-34(3)27(37)33-23-7-5-22(6-8-23)28(29,30)31/h4-14,18-19,25,36H,15-17H2,1-3H3,(H,33,37)/t18-,19+,25-/m1/s1. The summed E-state index contributed by atoms with van der Waals surface area (Å²) in [5.74, 6) is -0.319. The number of alkyl halides is 3. The first-order valence-electron chi connectivity index (χ1n) is 12.8. The quantitative estimate of drug-likeness (QED) is 0.429. The minimum absolute atomic E-state index is 0.0225. The van der Waals surface area contributed by atoms with Crippen molar-refractivity contribution in [3.8, 4) is 16.9 Å². The molecule has 2 N–H and O–H groups in total. The van der Waals surface area contributed by atoms with Crippen molar-refractivity contribution in [2.24, 2.45) is 5.92 Å². The van der Waals surface area contributed by atoms with Crippen LogP contribution in [0.5, 0.6) is 5.75 Å². The molecule has 3 atom stereocenters. The predicted octanol–water partition coefficient (Wildman–Crippen LogP) is 4.70. The van der Waals surface area contributed by atoms with Crippen molar-refractivity contribution in [2.45, 2.75) is 37.1 Å². The van der Waals surface area contributed by atoms with Gasteiger partial charge in [0.2, 0.25) is 10.0 Å². The molecule has 4 rings (SSSR count). The van der Waals surface area contributed by atoms with Crippen LogP contribution in [0.3, 0.4) is 0 Å². The van der Waals surface area contributed by atoms with E-state index in [0.717, 1.165) is 17.7 Å². The van der Waals surface area contributed by atoms with Crippen LogP contribution in [0.25, 0.3) is 11.1 Å². The molecule has 1 aliphatic heterocycles. The number of hydrogen-bond donors (Lipinski definition) is 2. The number of pyridine rings is 1. The van der Waals surface area contributed by atoms with Gasteiger partial charge in [-0.1, -0.05) is 13.0 Å². The molecule has 9 nitrogen and oxygen atoms in total. The molecule has 220 valence electrons. The second-order valence-electron chi connectivity index (χ2n) is 10.0. The van der Waals surface area contributed by atoms with Crippen molar-refractivity contribution in [1.82, 2.24) is 14.2 Å². The number of hydrogen-bond acceptors (Lipinski definition) is 6. The van der Waals surface area contributed by atoms with Crippen LogP contribution >= 0.6 is 0 Å². The van der Waals surface area contributed by atoms with Gasteiger partial charge in [-0.2, -0.15) is 17.5 Å². The molecule has 0 aliphatic carbocycles. The zero-order chi connectivity index (χ0) is 29.9. The summed E-state index contributed by atoms with van der Waals surface area (Å²) in [6.45, 7) is 3.06. The van der Waals surface area contributed by atoms with Gasteiger partial charge in [-0.3, -0.25) is 4.98 Å². The van der Waals surface area contributed by atoms with Crippen molar-refractivity contribution in [1.29, 1.82) is 0 Å². The number of anilines is 1. The fraction of sp³-hybridized carbons (Fsp3) is 0.357. The summed E-state index contributed by atoms with van der Waals surface area (Å²) >= 11 is 0. The molecule has 0 radical (unpaired) electrons. The summed E-state index contributed by atoms with van der Waals surface area (Å²) in [6, 6.07) is 11.1. The monoisotopic (exact) mass is 592 g/mol. The maximum atomic E-state index is 13.7. The molecule has 2 amide bonds. The van der Waals surface area contributed by atoms with Crippen LogP contribution in [0.1, 0.15) is 19.4 Å². The molecule has 2 heterocycles. The maximum Gasteiger partial charge on any atom is 0.416 e. The van der Waals surface area contributed by atoms with E-state index in [1.165, 1.54) is 34.5 Å². The number of amides is 2. The first-order valence-corrected chi connectivity index (χ1v) is 14.3. The van der Waals surface area contributed by atoms with Gasteiger partial charge in [0.25, 0.3) is 0 Å². The molecule has 0 bridgehead atoms. The molecule has 1 aliphatic rings. The second-order valence-corrected chi connectivity index (χ2v) is 11.9. The van der Waals surface area contributed by atoms with Gasteiger partial charge in [-0.05, 0) is 66.6 Å². The van der Waals surface area contributed by atoms with Gasteiger partial charge in [-0.25, -0.2) is 13.2 Å². The van der Waals surface area contributed by atoms with Crippen LogP contribution in [-0.2, 0) is 16.2 Å². The van der Waals surface area contributed by atoms with E-state index in [0.29, 0.717) is 5.56 Å². The molecule has 41 heavy (non-hydrogen) atoms. The Kier molecular flexibility index (Phi) is 8.90. The highest BCUT2D eigenvalue weighted by atomic mass is 32.2. The number of carbonyl (C=O) groups excluding carboxylic acids is 1. The van der Waals surface area contributed by atoms with E-state index in [4.69, 9.17) is 4.74 Å². The van der Waals surface area contributed by atoms with Crippen LogP contribution in [0, 0.1) is 5.92 Å². The number of likely N-dealkylation sites (N-methyl/N-ethyl adjacent to an activating group) is 1. The second kappa shape index (κ2) is 12.0. The molecule has 0 unspecified atom stereocenters. The van der Waals surface area contributed by atoms with Gasteiger partial charge >= 0.3 is 12.2 Å². The number of aliphatic hydroxyl groups excluding tert-OH is 1. The lowest BCUT2D eigenvalue weighted by molar-refractivity contribution is -0.137. The van der Waals surface area contributed by atoms with Crippen molar-refractivity contribution in [2.75, 3.05) is 32.1 Å². The number of ether oxygens (including phenoxy) is 1. The Labute approximate surface area is 236 Å². The predicted molar refractivity (Wildman–Crippen MR) is 147 cm³/mol. The molecule has 2 aromatic carbocycles. The zero-order valence-electron chi connectivity index (χ0n) is 22.7. The van der Waals surface area contributed by atoms with Gasteiger partial charge in [0.1, 0.15) is 16.7 Å². The summed E-state index contributed by atoms with van der Waals surface area (Å²) in [7, 11) is -2.54. The number of aromatic nitrogens is 1. The summed E-state index contributed by atoms with van der Waals surface area (Å²) < 4.78 is 73.5. The van der Waals surface area contributed by atoms with E-state index in [1.54, 1.807) is 50.5 Å². The average molecular weight is 593 g/mol. The lowest BCUT2D eigenvalue weighted by atomic mass is 10.0. The van der Waals surface area contributed by atoms with Crippen molar-refractivity contribution < 1.29 is 36.2 Å². The topological polar surface area (TPSA) is 112 Å². The number of carbonyl (C=O) groups is 1. The highest BCUT2D eigenvalue weighted by molar-refractivity contribution is 7.89. The number of benzene rings is 2. The number of nitrogens with zero attached hydrogens (tertiary/aromatic N) is 3. The van der Waals surface area contributed by atoms with Gasteiger partial charge < -0.3 is 20.1 Å². The Hall–Kier alpha value is -3.68. The molecular formula is C28H31F3N4O5S. The van der Waals surface area contributed by atoms with Crippen LogP contribution in [0.15, 0.2) is 71.9 Å². The first kappa shape index (κ1) is 30.3. The number of fused-ring (bicyclic) bond motifs is 1. The summed E-state index contributed by atoms with van der Waals surface area (Å²) in [5.41, 5.74) is 0.845. The van der Waals surface area contributed by atoms with Crippen LogP contribution in [-0.4, -0.2) is 72.6 Å². The van der Waals surface area contributed by atoms with Crippen LogP contribution < -0.4 is 10.1 Å². The summed E-state index contributed by atoms with van der Waals surface area (Å²) in [4.78, 5) is 18.2. The minimum atomic E-state index is -4.49. The van der Waals surface area contributed by atoms with Gasteiger partial charge in [0.05, 0.1) is 18.7 Å². The largest absolute Gasteiger partial charge is 0.487 e. The molecule has 0 fully saturated rings. The van der Waals surface area contributed by atoms with E-state index in [9.17, 15) is 31.5 Å². The Morgan fingerprint density at radius 2 is 1.80 bits per heavy atom. The lowest BCUT2D eigenvalue weighted by Crippen LogP contribution is -2.50. The molecule has 1 aromatic heterocycles. The normalized spacial score (nSPS) is 19.7. The molecule has 3 aromatic rings. The van der Waals surface area contributed by atoms with E-state index in [2.05, 4.69) is 10.3 Å². The highest BCUT2D eigenvalue weighted by Crippen LogP contribution is 2.36. The average Bonchev–Trinajstić information content (AvgIpc) is 2.94. The van der Waals surface area contributed by atoms with Crippen molar-refractivity contribution >= 4 is 21.7 Å². The van der Waals surface area contributed by atoms with Gasteiger partial charge in [0, 0.05) is 43.6 Å². The van der Waals surface area contributed by atoms with E-state index in [-0.39, 0.29) is 29.4 Å². The number of urea groups is 1. The summed E-state index contributed by atoms with van der Waals surface area (Å²) in [5, 5.41) is 12.4. The zero-order valence-corrected chi connectivity index (χ0v) is 23.5. The Morgan fingerprint density at radius 1 is 1.15 bits per heavy atom. The highest BCUT2D eigenvalue weighted by Gasteiger charge is 2.38. The molecule has 0 saturated carbocycles. The van der Waals surface area contributed by atoms with Gasteiger partial charge in [0.15, 0.2) is 0 Å². The van der Waals surface area contributed by atoms with E-state index < -0.39 is 52.5 Å². The van der Waals surface area contributed by atoms with Crippen molar-refractivity contribution in [3.63, 3.8) is 0 Å². The summed E-state index contributed by atoms with van der Waals surface area (Å²) in [6.07, 6.45) is -1.94. The van der Waals surface area contributed by atoms with E-state index in [1.807, 2.05) is 0 Å². The molecular weight excluding hydrogens is 561 g/mol. The number of aliphatic hydroxyl groups is 1. The maximum absolute atomic E-state index is 13.7.